The van der Waals surface area contributed by atoms with Crippen molar-refractivity contribution in [2.75, 3.05) is 13.1 Å². The van der Waals surface area contributed by atoms with Crippen LogP contribution in [0.4, 0.5) is 0 Å². The topological polar surface area (TPSA) is 71.3 Å². The van der Waals surface area contributed by atoms with E-state index in [0.29, 0.717) is 24.2 Å². The van der Waals surface area contributed by atoms with Crippen molar-refractivity contribution in [1.82, 2.24) is 10.6 Å². The summed E-state index contributed by atoms with van der Waals surface area (Å²) < 4.78 is 4.81. The fraction of sp³-hybridized carbons (Fsp3) is 0.143. The fourth-order valence-electron chi connectivity index (χ4n) is 1.54. The van der Waals surface area contributed by atoms with E-state index in [0.717, 1.165) is 0 Å². The molecule has 1 aromatic heterocycles. The molecule has 0 saturated carbocycles. The zero-order chi connectivity index (χ0) is 13.5. The Morgan fingerprint density at radius 3 is 2.11 bits per heavy atom. The highest BCUT2D eigenvalue weighted by Crippen LogP contribution is 1.99. The van der Waals surface area contributed by atoms with E-state index in [-0.39, 0.29) is 11.8 Å². The van der Waals surface area contributed by atoms with Crippen LogP contribution < -0.4 is 10.6 Å². The van der Waals surface area contributed by atoms with Gasteiger partial charge in [0, 0.05) is 18.7 Å². The van der Waals surface area contributed by atoms with Crippen LogP contribution in [0.2, 0.25) is 0 Å². The monoisotopic (exact) mass is 258 g/mol. The molecule has 1 heterocycles. The number of hydrogen-bond donors (Lipinski definition) is 2. The van der Waals surface area contributed by atoms with Crippen molar-refractivity contribution in [3.8, 4) is 0 Å². The molecule has 0 spiro atoms. The molecule has 0 saturated heterocycles. The summed E-state index contributed by atoms with van der Waals surface area (Å²) >= 11 is 0. The molecule has 0 fully saturated rings. The van der Waals surface area contributed by atoms with Gasteiger partial charge in [-0.25, -0.2) is 0 Å². The van der Waals surface area contributed by atoms with Crippen LogP contribution in [0.25, 0.3) is 0 Å². The van der Waals surface area contributed by atoms with Crippen LogP contribution in [0.5, 0.6) is 0 Å². The number of amides is 2. The predicted octanol–water partition coefficient (Wildman–Crippen LogP) is 1.44. The van der Waals surface area contributed by atoms with E-state index >= 15 is 0 Å². The Kier molecular flexibility index (Phi) is 4.34. The summed E-state index contributed by atoms with van der Waals surface area (Å²) in [6.45, 7) is 0.736. The Labute approximate surface area is 110 Å². The average Bonchev–Trinajstić information content (AvgIpc) is 2.98. The first-order valence-electron chi connectivity index (χ1n) is 5.91. The second-order valence-electron chi connectivity index (χ2n) is 3.89. The number of nitrogens with one attached hydrogen (secondary N) is 2. The minimum absolute atomic E-state index is 0.154. The van der Waals surface area contributed by atoms with Crippen molar-refractivity contribution < 1.29 is 14.0 Å². The summed E-state index contributed by atoms with van der Waals surface area (Å²) in [5, 5.41) is 5.40. The summed E-state index contributed by atoms with van der Waals surface area (Å²) in [5.74, 6) is -0.374. The van der Waals surface area contributed by atoms with Gasteiger partial charge in [-0.05, 0) is 18.2 Å². The zero-order valence-corrected chi connectivity index (χ0v) is 10.3. The fourth-order valence-corrected chi connectivity index (χ4v) is 1.54. The maximum absolute atomic E-state index is 11.7. The molecule has 98 valence electrons. The molecule has 2 amide bonds. The summed E-state index contributed by atoms with van der Waals surface area (Å²) in [7, 11) is 0. The summed E-state index contributed by atoms with van der Waals surface area (Å²) in [6.07, 6.45) is 2.81. The third-order valence-corrected chi connectivity index (χ3v) is 2.52. The number of rotatable bonds is 5. The van der Waals surface area contributed by atoms with Crippen LogP contribution in [0, 0.1) is 0 Å². The highest BCUT2D eigenvalue weighted by molar-refractivity contribution is 5.94. The van der Waals surface area contributed by atoms with Crippen molar-refractivity contribution >= 4 is 11.8 Å². The first-order valence-corrected chi connectivity index (χ1v) is 5.91. The smallest absolute Gasteiger partial charge is 0.254 e. The Bertz CT molecular complexity index is 535. The third kappa shape index (κ3) is 3.70. The van der Waals surface area contributed by atoms with Gasteiger partial charge in [0.2, 0.25) is 0 Å². The lowest BCUT2D eigenvalue weighted by atomic mass is 10.2. The minimum atomic E-state index is -0.220. The largest absolute Gasteiger partial charge is 0.472 e. The van der Waals surface area contributed by atoms with E-state index in [1.807, 2.05) is 6.07 Å². The van der Waals surface area contributed by atoms with E-state index < -0.39 is 0 Å². The second kappa shape index (κ2) is 6.39. The maximum atomic E-state index is 11.7. The molecule has 1 aromatic carbocycles. The Balaban J connectivity index is 1.70. The number of carbonyl (C=O) groups is 2. The highest BCUT2D eigenvalue weighted by atomic mass is 16.3. The van der Waals surface area contributed by atoms with Crippen molar-refractivity contribution in [3.63, 3.8) is 0 Å². The van der Waals surface area contributed by atoms with Crippen LogP contribution in [0.3, 0.4) is 0 Å². The molecule has 0 aliphatic carbocycles. The van der Waals surface area contributed by atoms with Crippen LogP contribution in [-0.2, 0) is 0 Å². The van der Waals surface area contributed by atoms with Crippen LogP contribution >= 0.6 is 0 Å². The average molecular weight is 258 g/mol. The van der Waals surface area contributed by atoms with Crippen LogP contribution in [-0.4, -0.2) is 24.9 Å². The Hall–Kier alpha value is -2.56. The van der Waals surface area contributed by atoms with Crippen molar-refractivity contribution in [2.24, 2.45) is 0 Å². The first kappa shape index (κ1) is 12.9. The third-order valence-electron chi connectivity index (χ3n) is 2.52. The van der Waals surface area contributed by atoms with E-state index in [1.54, 1.807) is 30.3 Å². The molecule has 0 bridgehead atoms. The minimum Gasteiger partial charge on any atom is -0.472 e. The molecular formula is C14H14N2O3. The van der Waals surface area contributed by atoms with E-state index in [9.17, 15) is 9.59 Å². The molecule has 0 atom stereocenters. The van der Waals surface area contributed by atoms with Gasteiger partial charge in [-0.3, -0.25) is 9.59 Å². The molecule has 2 rings (SSSR count). The Morgan fingerprint density at radius 1 is 0.895 bits per heavy atom. The lowest BCUT2D eigenvalue weighted by molar-refractivity contribution is 0.0927. The molecule has 19 heavy (non-hydrogen) atoms. The summed E-state index contributed by atoms with van der Waals surface area (Å²) in [5.41, 5.74) is 1.07. The van der Waals surface area contributed by atoms with Gasteiger partial charge in [0.15, 0.2) is 0 Å². The maximum Gasteiger partial charge on any atom is 0.254 e. The van der Waals surface area contributed by atoms with Crippen LogP contribution in [0.15, 0.2) is 53.3 Å². The first-order chi connectivity index (χ1) is 9.27. The zero-order valence-electron chi connectivity index (χ0n) is 10.3. The van der Waals surface area contributed by atoms with Gasteiger partial charge < -0.3 is 15.1 Å². The van der Waals surface area contributed by atoms with E-state index in [1.165, 1.54) is 12.5 Å². The van der Waals surface area contributed by atoms with Gasteiger partial charge in [-0.15, -0.1) is 0 Å². The molecule has 0 unspecified atom stereocenters. The van der Waals surface area contributed by atoms with Gasteiger partial charge in [0.25, 0.3) is 11.8 Å². The molecule has 0 radical (unpaired) electrons. The van der Waals surface area contributed by atoms with Gasteiger partial charge in [-0.2, -0.15) is 0 Å². The van der Waals surface area contributed by atoms with E-state index in [4.69, 9.17) is 4.42 Å². The van der Waals surface area contributed by atoms with Crippen LogP contribution in [0.1, 0.15) is 20.7 Å². The van der Waals surface area contributed by atoms with Crippen molar-refractivity contribution in [3.05, 3.63) is 60.1 Å². The normalized spacial score (nSPS) is 9.89. The molecule has 0 aliphatic heterocycles. The number of hydrogen-bond acceptors (Lipinski definition) is 3. The quantitative estimate of drug-likeness (QED) is 0.797. The van der Waals surface area contributed by atoms with Crippen molar-refractivity contribution in [1.29, 1.82) is 0 Å². The van der Waals surface area contributed by atoms with Gasteiger partial charge >= 0.3 is 0 Å². The molecule has 5 nitrogen and oxygen atoms in total. The van der Waals surface area contributed by atoms with Gasteiger partial charge in [0.05, 0.1) is 11.8 Å². The lowest BCUT2D eigenvalue weighted by Gasteiger charge is -2.06. The van der Waals surface area contributed by atoms with Gasteiger partial charge in [0.1, 0.15) is 6.26 Å². The Morgan fingerprint density at radius 2 is 1.53 bits per heavy atom. The van der Waals surface area contributed by atoms with E-state index in [2.05, 4.69) is 10.6 Å². The summed E-state index contributed by atoms with van der Waals surface area (Å²) in [6, 6.07) is 10.5. The van der Waals surface area contributed by atoms with Crippen molar-refractivity contribution in [2.45, 2.75) is 0 Å². The standard InChI is InChI=1S/C14H14N2O3/c17-13(11-4-2-1-3-5-11)15-7-8-16-14(18)12-6-9-19-10-12/h1-6,9-10H,7-8H2,(H,15,17)(H,16,18). The SMILES string of the molecule is O=C(NCCNC(=O)c1ccoc1)c1ccccc1. The van der Waals surface area contributed by atoms with Gasteiger partial charge in [-0.1, -0.05) is 18.2 Å². The molecular weight excluding hydrogens is 244 g/mol. The highest BCUT2D eigenvalue weighted by Gasteiger charge is 2.06. The number of benzene rings is 1. The molecule has 0 aliphatic rings. The number of carbonyl (C=O) groups excluding carboxylic acids is 2. The molecule has 2 aromatic rings. The second-order valence-corrected chi connectivity index (χ2v) is 3.89. The molecule has 5 heteroatoms. The summed E-state index contributed by atoms with van der Waals surface area (Å²) in [4.78, 5) is 23.2. The predicted molar refractivity (Wildman–Crippen MR) is 69.8 cm³/mol. The molecule has 2 N–H and O–H groups in total. The number of furan rings is 1. The lowest BCUT2D eigenvalue weighted by Crippen LogP contribution is -2.34.